The fourth-order valence-corrected chi connectivity index (χ4v) is 5.50. The highest BCUT2D eigenvalue weighted by atomic mass is 16.3. The normalized spacial score (nSPS) is 13.5. The van der Waals surface area contributed by atoms with E-state index in [1.165, 1.54) is 0 Å². The molecule has 44 heavy (non-hydrogen) atoms. The SMILES string of the molecule is [2H]c1c(-c2ccccc2)c([2H])c2c(oc3c([2H])c(-c4nc(-c5ccccc5)nc(-c5cccc6c5oc5ccccc56)n4)c([2H])c([2H])c32)c1[2H]. The van der Waals surface area contributed by atoms with Crippen LogP contribution in [0.2, 0.25) is 0 Å². The van der Waals surface area contributed by atoms with Crippen LogP contribution in [0.3, 0.4) is 0 Å². The molecule has 0 saturated heterocycles. The van der Waals surface area contributed by atoms with Crippen LogP contribution in [0.25, 0.3) is 89.2 Å². The van der Waals surface area contributed by atoms with Gasteiger partial charge in [0, 0.05) is 32.7 Å². The van der Waals surface area contributed by atoms with Crippen LogP contribution in [0.15, 0.2) is 148 Å². The van der Waals surface area contributed by atoms with Gasteiger partial charge in [-0.2, -0.15) is 0 Å². The molecule has 0 amide bonds. The molecule has 0 aliphatic rings. The quantitative estimate of drug-likeness (QED) is 0.210. The minimum atomic E-state index is -0.342. The number of hydrogen-bond acceptors (Lipinski definition) is 5. The van der Waals surface area contributed by atoms with Crippen molar-refractivity contribution in [1.82, 2.24) is 15.0 Å². The van der Waals surface area contributed by atoms with E-state index in [4.69, 9.17) is 29.3 Å². The molecule has 206 valence electrons. The molecule has 0 atom stereocenters. The fraction of sp³-hybridized carbons (Fsp3) is 0. The van der Waals surface area contributed by atoms with E-state index in [1.54, 1.807) is 24.3 Å². The predicted molar refractivity (Wildman–Crippen MR) is 176 cm³/mol. The molecule has 3 heterocycles. The Morgan fingerprint density at radius 1 is 0.409 bits per heavy atom. The highest BCUT2D eigenvalue weighted by Gasteiger charge is 2.18. The molecule has 0 fully saturated rings. The first-order chi connectivity index (χ1) is 24.3. The van der Waals surface area contributed by atoms with E-state index in [9.17, 15) is 2.74 Å². The van der Waals surface area contributed by atoms with Gasteiger partial charge < -0.3 is 8.83 Å². The molecule has 9 rings (SSSR count). The molecular formula is C39H23N3O2. The van der Waals surface area contributed by atoms with Crippen molar-refractivity contribution in [3.63, 3.8) is 0 Å². The van der Waals surface area contributed by atoms with Gasteiger partial charge in [-0.1, -0.05) is 103 Å². The van der Waals surface area contributed by atoms with E-state index in [-0.39, 0.29) is 81.0 Å². The summed E-state index contributed by atoms with van der Waals surface area (Å²) >= 11 is 0. The van der Waals surface area contributed by atoms with Crippen LogP contribution in [-0.4, -0.2) is 15.0 Å². The van der Waals surface area contributed by atoms with E-state index in [2.05, 4.69) is 0 Å². The van der Waals surface area contributed by atoms with Crippen molar-refractivity contribution in [3.05, 3.63) is 139 Å². The summed E-state index contributed by atoms with van der Waals surface area (Å²) in [4.78, 5) is 14.3. The summed E-state index contributed by atoms with van der Waals surface area (Å²) in [7, 11) is 0. The van der Waals surface area contributed by atoms with Crippen LogP contribution in [0.5, 0.6) is 0 Å². The first-order valence-corrected chi connectivity index (χ1v) is 14.1. The molecule has 9 aromatic rings. The van der Waals surface area contributed by atoms with Crippen LogP contribution in [0.4, 0.5) is 0 Å². The number of fused-ring (bicyclic) bond motifs is 6. The maximum absolute atomic E-state index is 9.33. The first-order valence-electron chi connectivity index (χ1n) is 17.1. The average molecular weight is 572 g/mol. The zero-order chi connectivity index (χ0) is 34.3. The fourth-order valence-electron chi connectivity index (χ4n) is 5.50. The van der Waals surface area contributed by atoms with Crippen molar-refractivity contribution >= 4 is 43.9 Å². The zero-order valence-electron chi connectivity index (χ0n) is 29.0. The Hall–Kier alpha value is -6.07. The smallest absolute Gasteiger partial charge is 0.167 e. The van der Waals surface area contributed by atoms with Gasteiger partial charge in [0.1, 0.15) is 22.3 Å². The van der Waals surface area contributed by atoms with Gasteiger partial charge in [-0.15, -0.1) is 0 Å². The van der Waals surface area contributed by atoms with Crippen LogP contribution in [0, 0.1) is 0 Å². The topological polar surface area (TPSA) is 65.0 Å². The van der Waals surface area contributed by atoms with Crippen molar-refractivity contribution in [2.24, 2.45) is 0 Å². The van der Waals surface area contributed by atoms with Gasteiger partial charge in [-0.05, 0) is 47.4 Å². The lowest BCUT2D eigenvalue weighted by molar-refractivity contribution is 0.668. The predicted octanol–water partition coefficient (Wildman–Crippen LogP) is 10.3. The van der Waals surface area contributed by atoms with Crippen LogP contribution >= 0.6 is 0 Å². The summed E-state index contributed by atoms with van der Waals surface area (Å²) in [6.45, 7) is 0. The Morgan fingerprint density at radius 3 is 1.93 bits per heavy atom. The molecule has 0 spiro atoms. The molecule has 0 saturated carbocycles. The number of aromatic nitrogens is 3. The standard InChI is InChI=1S/C39H23N3O2/c1-3-10-24(11-4-1)26-19-21-34-32(22-26)29-20-18-27(23-35(29)43-34)38-40-37(25-12-5-2-6-13-25)41-39(42-38)31-16-9-15-30-28-14-7-8-17-33(28)44-36(30)31/h1-23H/i18D,19D,20D,21D,22D,23D. The second kappa shape index (κ2) is 9.75. The molecular weight excluding hydrogens is 542 g/mol. The van der Waals surface area contributed by atoms with Gasteiger partial charge in [-0.3, -0.25) is 0 Å². The molecule has 0 N–H and O–H groups in total. The highest BCUT2D eigenvalue weighted by Crippen LogP contribution is 2.37. The van der Waals surface area contributed by atoms with E-state index in [1.807, 2.05) is 78.9 Å². The summed E-state index contributed by atoms with van der Waals surface area (Å²) in [6.07, 6.45) is 0. The molecule has 5 nitrogen and oxygen atoms in total. The van der Waals surface area contributed by atoms with Crippen molar-refractivity contribution < 1.29 is 17.1 Å². The monoisotopic (exact) mass is 571 g/mol. The first kappa shape index (κ1) is 19.2. The molecule has 0 aliphatic carbocycles. The summed E-state index contributed by atoms with van der Waals surface area (Å²) in [5.41, 5.74) is 3.07. The Kier molecular flexibility index (Phi) is 4.25. The molecule has 3 aromatic heterocycles. The van der Waals surface area contributed by atoms with Gasteiger partial charge in [0.15, 0.2) is 17.5 Å². The van der Waals surface area contributed by atoms with Crippen molar-refractivity contribution in [3.8, 4) is 45.3 Å². The second-order valence-corrected chi connectivity index (χ2v) is 10.3. The van der Waals surface area contributed by atoms with Gasteiger partial charge in [0.25, 0.3) is 0 Å². The largest absolute Gasteiger partial charge is 0.456 e. The molecule has 6 aromatic carbocycles. The van der Waals surface area contributed by atoms with Crippen molar-refractivity contribution in [2.45, 2.75) is 0 Å². The van der Waals surface area contributed by atoms with Crippen LogP contribution in [0.1, 0.15) is 8.22 Å². The highest BCUT2D eigenvalue weighted by molar-refractivity contribution is 6.09. The molecule has 0 radical (unpaired) electrons. The Balaban J connectivity index is 1.33. The summed E-state index contributed by atoms with van der Waals surface area (Å²) in [5, 5.41) is 1.98. The van der Waals surface area contributed by atoms with Crippen LogP contribution in [-0.2, 0) is 0 Å². The van der Waals surface area contributed by atoms with E-state index < -0.39 is 0 Å². The average Bonchev–Trinajstić information content (AvgIpc) is 3.74. The summed E-state index contributed by atoms with van der Waals surface area (Å²) in [5.74, 6) is 0.528. The number of benzene rings is 6. The minimum absolute atomic E-state index is 0.0174. The maximum Gasteiger partial charge on any atom is 0.167 e. The number of hydrogen-bond donors (Lipinski definition) is 0. The zero-order valence-corrected chi connectivity index (χ0v) is 23.0. The Labute approximate surface area is 260 Å². The molecule has 0 bridgehead atoms. The van der Waals surface area contributed by atoms with E-state index >= 15 is 0 Å². The minimum Gasteiger partial charge on any atom is -0.456 e. The number of nitrogens with zero attached hydrogens (tertiary/aromatic N) is 3. The van der Waals surface area contributed by atoms with Crippen LogP contribution < -0.4 is 0 Å². The molecule has 0 aliphatic heterocycles. The Morgan fingerprint density at radius 2 is 1.09 bits per heavy atom. The van der Waals surface area contributed by atoms with Crippen molar-refractivity contribution in [2.75, 3.05) is 0 Å². The van der Waals surface area contributed by atoms with E-state index in [0.717, 1.165) is 10.8 Å². The molecule has 5 heteroatoms. The van der Waals surface area contributed by atoms with Crippen molar-refractivity contribution in [1.29, 1.82) is 0 Å². The van der Waals surface area contributed by atoms with Gasteiger partial charge in [0.05, 0.1) is 13.8 Å². The number of para-hydroxylation sites is 2. The third kappa shape index (κ3) is 3.98. The van der Waals surface area contributed by atoms with Gasteiger partial charge in [-0.25, -0.2) is 15.0 Å². The van der Waals surface area contributed by atoms with Gasteiger partial charge >= 0.3 is 0 Å². The second-order valence-electron chi connectivity index (χ2n) is 10.3. The summed E-state index contributed by atoms with van der Waals surface area (Å²) in [6, 6.07) is 30.0. The molecule has 0 unspecified atom stereocenters. The Bertz CT molecular complexity index is 2840. The van der Waals surface area contributed by atoms with Gasteiger partial charge in [0.2, 0.25) is 0 Å². The summed E-state index contributed by atoms with van der Waals surface area (Å²) < 4.78 is 66.7. The third-order valence-corrected chi connectivity index (χ3v) is 7.61. The maximum atomic E-state index is 9.33. The lowest BCUT2D eigenvalue weighted by atomic mass is 10.0. The third-order valence-electron chi connectivity index (χ3n) is 7.61. The number of rotatable bonds is 4. The number of furan rings is 2. The lowest BCUT2D eigenvalue weighted by Crippen LogP contribution is -2.00. The lowest BCUT2D eigenvalue weighted by Gasteiger charge is -2.09. The van der Waals surface area contributed by atoms with E-state index in [0.29, 0.717) is 33.7 Å².